The van der Waals surface area contributed by atoms with Gasteiger partial charge >= 0.3 is 0 Å². The van der Waals surface area contributed by atoms with Gasteiger partial charge in [-0.2, -0.15) is 0 Å². The highest BCUT2D eigenvalue weighted by Gasteiger charge is 2.23. The summed E-state index contributed by atoms with van der Waals surface area (Å²) in [6.45, 7) is 4.80. The average Bonchev–Trinajstić information content (AvgIpc) is 2.86. The summed E-state index contributed by atoms with van der Waals surface area (Å²) in [5, 5.41) is 0. The molecule has 1 heterocycles. The standard InChI is InChI=1S/C26H28FN3O4S/c1-19-5-3-4-6-24(19)28-35(32,33)22-10-8-21(9-11-22)26(31)30-15-13-29(14-16-30)18-20-7-12-25(34-2)23(27)17-20/h3-12,17,28H,13-16,18H2,1-2H3. The lowest BCUT2D eigenvalue weighted by Crippen LogP contribution is -2.48. The van der Waals surface area contributed by atoms with Gasteiger partial charge in [-0.1, -0.05) is 24.3 Å². The normalized spacial score (nSPS) is 14.5. The number of hydrogen-bond acceptors (Lipinski definition) is 5. The molecule has 0 radical (unpaired) electrons. The Labute approximate surface area is 205 Å². The Morgan fingerprint density at radius 1 is 1.00 bits per heavy atom. The van der Waals surface area contributed by atoms with Crippen LogP contribution in [0.1, 0.15) is 21.5 Å². The maximum atomic E-state index is 14.0. The third-order valence-corrected chi connectivity index (χ3v) is 7.46. The molecule has 0 atom stereocenters. The number of rotatable bonds is 7. The number of nitrogens with zero attached hydrogens (tertiary/aromatic N) is 2. The van der Waals surface area contributed by atoms with Crippen molar-refractivity contribution >= 4 is 21.6 Å². The van der Waals surface area contributed by atoms with E-state index in [2.05, 4.69) is 9.62 Å². The van der Waals surface area contributed by atoms with Gasteiger partial charge in [-0.05, 0) is 60.5 Å². The highest BCUT2D eigenvalue weighted by Crippen LogP contribution is 2.21. The Morgan fingerprint density at radius 2 is 1.69 bits per heavy atom. The second-order valence-corrected chi connectivity index (χ2v) is 10.2. The number of aryl methyl sites for hydroxylation is 1. The first-order chi connectivity index (χ1) is 16.8. The fourth-order valence-electron chi connectivity index (χ4n) is 4.03. The van der Waals surface area contributed by atoms with E-state index in [0.717, 1.165) is 11.1 Å². The number of nitrogens with one attached hydrogen (secondary N) is 1. The molecule has 1 saturated heterocycles. The van der Waals surface area contributed by atoms with E-state index < -0.39 is 15.8 Å². The number of ether oxygens (including phenoxy) is 1. The number of sulfonamides is 1. The molecule has 7 nitrogen and oxygen atoms in total. The van der Waals surface area contributed by atoms with Crippen molar-refractivity contribution in [2.24, 2.45) is 0 Å². The molecule has 0 bridgehead atoms. The lowest BCUT2D eigenvalue weighted by atomic mass is 10.1. The summed E-state index contributed by atoms with van der Waals surface area (Å²) in [7, 11) is -2.33. The molecule has 1 amide bonds. The number of para-hydroxylation sites is 1. The van der Waals surface area contributed by atoms with Crippen molar-refractivity contribution in [3.05, 3.63) is 89.2 Å². The van der Waals surface area contributed by atoms with Crippen molar-refractivity contribution in [2.45, 2.75) is 18.4 Å². The van der Waals surface area contributed by atoms with Gasteiger partial charge < -0.3 is 9.64 Å². The number of benzene rings is 3. The zero-order valence-corrected chi connectivity index (χ0v) is 20.5. The van der Waals surface area contributed by atoms with Gasteiger partial charge in [0.2, 0.25) is 0 Å². The molecule has 1 fully saturated rings. The van der Waals surface area contributed by atoms with Crippen LogP contribution in [0, 0.1) is 12.7 Å². The fraction of sp³-hybridized carbons (Fsp3) is 0.269. The fourth-order valence-corrected chi connectivity index (χ4v) is 5.16. The Hall–Kier alpha value is -3.43. The average molecular weight is 498 g/mol. The van der Waals surface area contributed by atoms with Crippen molar-refractivity contribution in [3.63, 3.8) is 0 Å². The van der Waals surface area contributed by atoms with Crippen LogP contribution in [0.3, 0.4) is 0 Å². The monoisotopic (exact) mass is 497 g/mol. The smallest absolute Gasteiger partial charge is 0.261 e. The number of piperazine rings is 1. The largest absolute Gasteiger partial charge is 0.494 e. The minimum Gasteiger partial charge on any atom is -0.494 e. The van der Waals surface area contributed by atoms with Crippen LogP contribution in [0.5, 0.6) is 5.75 Å². The highest BCUT2D eigenvalue weighted by molar-refractivity contribution is 7.92. The Bertz CT molecular complexity index is 1300. The van der Waals surface area contributed by atoms with Crippen LogP contribution in [-0.2, 0) is 16.6 Å². The van der Waals surface area contributed by atoms with Crippen LogP contribution in [0.4, 0.5) is 10.1 Å². The Balaban J connectivity index is 1.35. The predicted molar refractivity (Wildman–Crippen MR) is 133 cm³/mol. The lowest BCUT2D eigenvalue weighted by Gasteiger charge is -2.34. The molecule has 1 aliphatic heterocycles. The molecule has 4 rings (SSSR count). The molecule has 0 saturated carbocycles. The molecule has 0 aromatic heterocycles. The van der Waals surface area contributed by atoms with Crippen molar-refractivity contribution < 1.29 is 22.3 Å². The molecular formula is C26H28FN3O4S. The van der Waals surface area contributed by atoms with Crippen LogP contribution in [-0.4, -0.2) is 57.4 Å². The van der Waals surface area contributed by atoms with Gasteiger partial charge in [-0.25, -0.2) is 12.8 Å². The molecule has 1 aliphatic rings. The van der Waals surface area contributed by atoms with Gasteiger partial charge in [0.05, 0.1) is 17.7 Å². The van der Waals surface area contributed by atoms with E-state index in [0.29, 0.717) is 44.0 Å². The Kier molecular flexibility index (Phi) is 7.37. The topological polar surface area (TPSA) is 79.0 Å². The van der Waals surface area contributed by atoms with Crippen molar-refractivity contribution in [1.82, 2.24) is 9.80 Å². The molecule has 3 aromatic carbocycles. The number of amides is 1. The number of hydrogen-bond donors (Lipinski definition) is 1. The van der Waals surface area contributed by atoms with E-state index in [1.807, 2.05) is 25.1 Å². The Morgan fingerprint density at radius 3 is 2.31 bits per heavy atom. The van der Waals surface area contributed by atoms with Gasteiger partial charge in [0.15, 0.2) is 11.6 Å². The molecule has 0 spiro atoms. The van der Waals surface area contributed by atoms with Crippen LogP contribution in [0.15, 0.2) is 71.6 Å². The minimum atomic E-state index is -3.76. The van der Waals surface area contributed by atoms with Gasteiger partial charge in [0.25, 0.3) is 15.9 Å². The summed E-state index contributed by atoms with van der Waals surface area (Å²) in [6.07, 6.45) is 0. The van der Waals surface area contributed by atoms with Gasteiger partial charge in [-0.3, -0.25) is 14.4 Å². The van der Waals surface area contributed by atoms with Gasteiger partial charge in [-0.15, -0.1) is 0 Å². The van der Waals surface area contributed by atoms with Crippen molar-refractivity contribution in [2.75, 3.05) is 38.0 Å². The van der Waals surface area contributed by atoms with Crippen molar-refractivity contribution in [1.29, 1.82) is 0 Å². The summed E-state index contributed by atoms with van der Waals surface area (Å²) < 4.78 is 47.0. The van der Waals surface area contributed by atoms with Gasteiger partial charge in [0.1, 0.15) is 0 Å². The van der Waals surface area contributed by atoms with E-state index in [9.17, 15) is 17.6 Å². The summed E-state index contributed by atoms with van der Waals surface area (Å²) >= 11 is 0. The third kappa shape index (κ3) is 5.80. The van der Waals surface area contributed by atoms with E-state index >= 15 is 0 Å². The first-order valence-electron chi connectivity index (χ1n) is 11.3. The molecule has 9 heteroatoms. The first kappa shape index (κ1) is 24.7. The minimum absolute atomic E-state index is 0.0915. The van der Waals surface area contributed by atoms with Crippen LogP contribution < -0.4 is 9.46 Å². The second kappa shape index (κ2) is 10.5. The predicted octanol–water partition coefficient (Wildman–Crippen LogP) is 3.90. The lowest BCUT2D eigenvalue weighted by molar-refractivity contribution is 0.0628. The van der Waals surface area contributed by atoms with Crippen LogP contribution in [0.2, 0.25) is 0 Å². The molecule has 0 unspecified atom stereocenters. The molecule has 3 aromatic rings. The van der Waals surface area contributed by atoms with Crippen molar-refractivity contribution in [3.8, 4) is 5.75 Å². The van der Waals surface area contributed by atoms with Gasteiger partial charge in [0, 0.05) is 38.3 Å². The number of carbonyl (C=O) groups excluding carboxylic acids is 1. The number of methoxy groups -OCH3 is 1. The third-order valence-electron chi connectivity index (χ3n) is 6.08. The van der Waals surface area contributed by atoms with E-state index in [1.165, 1.54) is 25.3 Å². The highest BCUT2D eigenvalue weighted by atomic mass is 32.2. The summed E-state index contributed by atoms with van der Waals surface area (Å²) in [5.41, 5.74) is 2.62. The van der Waals surface area contributed by atoms with Crippen LogP contribution >= 0.6 is 0 Å². The maximum Gasteiger partial charge on any atom is 0.261 e. The molecule has 0 aliphatic carbocycles. The first-order valence-corrected chi connectivity index (χ1v) is 12.8. The molecule has 35 heavy (non-hydrogen) atoms. The quantitative estimate of drug-likeness (QED) is 0.536. The van der Waals surface area contributed by atoms with Crippen LogP contribution in [0.25, 0.3) is 0 Å². The summed E-state index contributed by atoms with van der Waals surface area (Å²) in [4.78, 5) is 17.0. The number of anilines is 1. The van der Waals surface area contributed by atoms with E-state index in [1.54, 1.807) is 35.2 Å². The maximum absolute atomic E-state index is 14.0. The summed E-state index contributed by atoms with van der Waals surface area (Å²) in [5.74, 6) is -0.316. The van der Waals surface area contributed by atoms with E-state index in [-0.39, 0.29) is 16.6 Å². The molecule has 1 N–H and O–H groups in total. The van der Waals surface area contributed by atoms with E-state index in [4.69, 9.17) is 4.74 Å². The zero-order valence-electron chi connectivity index (χ0n) is 19.7. The molecule has 184 valence electrons. The SMILES string of the molecule is COc1ccc(CN2CCN(C(=O)c3ccc(S(=O)(=O)Nc4ccccc4C)cc3)CC2)cc1F. The zero-order chi connectivity index (χ0) is 25.0. The summed E-state index contributed by atoms with van der Waals surface area (Å²) in [6, 6.07) is 18.0. The molecular weight excluding hydrogens is 469 g/mol. The second-order valence-electron chi connectivity index (χ2n) is 8.48. The number of halogens is 1. The number of carbonyl (C=O) groups is 1.